The van der Waals surface area contributed by atoms with Crippen LogP contribution in [-0.4, -0.2) is 27.8 Å². The number of hydrogen-bond donors (Lipinski definition) is 5. The summed E-state index contributed by atoms with van der Waals surface area (Å²) in [5.74, 6) is -2.38. The van der Waals surface area contributed by atoms with Crippen molar-refractivity contribution in [2.45, 2.75) is 12.3 Å². The van der Waals surface area contributed by atoms with Gasteiger partial charge in [0, 0.05) is 23.0 Å². The third-order valence-electron chi connectivity index (χ3n) is 5.85. The molecule has 180 valence electrons. The molecule has 8 heteroatoms. The van der Waals surface area contributed by atoms with Gasteiger partial charge < -0.3 is 21.1 Å². The number of carbonyl (C=O) groups excluding carboxylic acids is 1. The van der Waals surface area contributed by atoms with Gasteiger partial charge in [-0.15, -0.1) is 0 Å². The molecule has 1 heterocycles. The molecule has 1 unspecified atom stereocenters. The lowest BCUT2D eigenvalue weighted by molar-refractivity contribution is -0.117. The molecule has 1 amide bonds. The second kappa shape index (κ2) is 10.5. The number of carboxylic acids is 1. The van der Waals surface area contributed by atoms with Gasteiger partial charge in [0.25, 0.3) is 5.56 Å². The summed E-state index contributed by atoms with van der Waals surface area (Å²) in [5.41, 5.74) is 8.73. The zero-order valence-corrected chi connectivity index (χ0v) is 19.2. The molecule has 0 aliphatic heterocycles. The lowest BCUT2D eigenvalue weighted by Crippen LogP contribution is -2.29. The summed E-state index contributed by atoms with van der Waals surface area (Å²) in [6.45, 7) is 0. The van der Waals surface area contributed by atoms with Gasteiger partial charge in [0.05, 0.1) is 11.5 Å². The van der Waals surface area contributed by atoms with E-state index >= 15 is 0 Å². The minimum absolute atomic E-state index is 0.0667. The molecule has 0 bridgehead atoms. The molecule has 0 spiro atoms. The Morgan fingerprint density at radius 2 is 1.56 bits per heavy atom. The zero-order valence-electron chi connectivity index (χ0n) is 19.2. The van der Waals surface area contributed by atoms with Crippen molar-refractivity contribution in [2.24, 2.45) is 5.73 Å². The van der Waals surface area contributed by atoms with E-state index < -0.39 is 17.8 Å². The number of aromatic carboxylic acids is 1. The Bertz CT molecular complexity index is 1460. The van der Waals surface area contributed by atoms with Gasteiger partial charge in [0.1, 0.15) is 5.84 Å². The quantitative estimate of drug-likeness (QED) is 0.191. The van der Waals surface area contributed by atoms with Crippen LogP contribution in [0.3, 0.4) is 0 Å². The van der Waals surface area contributed by atoms with E-state index in [1.807, 2.05) is 30.3 Å². The Morgan fingerprint density at radius 3 is 2.17 bits per heavy atom. The van der Waals surface area contributed by atoms with Crippen LogP contribution in [0.1, 0.15) is 33.0 Å². The number of nitrogens with one attached hydrogen (secondary N) is 3. The van der Waals surface area contributed by atoms with Gasteiger partial charge in [0.15, 0.2) is 0 Å². The Labute approximate surface area is 207 Å². The second-order valence-corrected chi connectivity index (χ2v) is 8.24. The summed E-state index contributed by atoms with van der Waals surface area (Å²) >= 11 is 0. The molecule has 3 aromatic carbocycles. The van der Waals surface area contributed by atoms with Crippen molar-refractivity contribution in [3.8, 4) is 11.1 Å². The van der Waals surface area contributed by atoms with Crippen LogP contribution in [-0.2, 0) is 11.2 Å². The van der Waals surface area contributed by atoms with Gasteiger partial charge in [0.2, 0.25) is 5.91 Å². The Kier molecular flexibility index (Phi) is 7.06. The monoisotopic (exact) mass is 480 g/mol. The molecule has 4 aromatic rings. The highest BCUT2D eigenvalue weighted by molar-refractivity contribution is 5.98. The lowest BCUT2D eigenvalue weighted by atomic mass is 9.86. The van der Waals surface area contributed by atoms with Gasteiger partial charge in [-0.3, -0.25) is 15.0 Å². The lowest BCUT2D eigenvalue weighted by Gasteiger charge is -2.20. The number of rotatable bonds is 8. The van der Waals surface area contributed by atoms with Gasteiger partial charge >= 0.3 is 5.97 Å². The molecule has 6 N–H and O–H groups in total. The van der Waals surface area contributed by atoms with E-state index in [1.165, 1.54) is 30.5 Å². The van der Waals surface area contributed by atoms with Crippen molar-refractivity contribution in [2.75, 3.05) is 5.32 Å². The summed E-state index contributed by atoms with van der Waals surface area (Å²) < 4.78 is 0. The summed E-state index contributed by atoms with van der Waals surface area (Å²) in [7, 11) is 0. The van der Waals surface area contributed by atoms with Crippen LogP contribution in [0.2, 0.25) is 0 Å². The highest BCUT2D eigenvalue weighted by Crippen LogP contribution is 2.30. The predicted molar refractivity (Wildman–Crippen MR) is 138 cm³/mol. The van der Waals surface area contributed by atoms with E-state index in [0.717, 1.165) is 5.56 Å². The van der Waals surface area contributed by atoms with E-state index in [-0.39, 0.29) is 23.4 Å². The number of nitrogen functional groups attached to an aromatic ring is 1. The van der Waals surface area contributed by atoms with Crippen LogP contribution < -0.4 is 16.6 Å². The molecule has 0 aliphatic carbocycles. The van der Waals surface area contributed by atoms with E-state index in [1.54, 1.807) is 30.3 Å². The van der Waals surface area contributed by atoms with E-state index in [4.69, 9.17) is 16.2 Å². The summed E-state index contributed by atoms with van der Waals surface area (Å²) in [4.78, 5) is 40.6. The molecular weight excluding hydrogens is 456 g/mol. The van der Waals surface area contributed by atoms with Crippen molar-refractivity contribution in [3.63, 3.8) is 0 Å². The van der Waals surface area contributed by atoms with Crippen LogP contribution >= 0.6 is 0 Å². The number of H-pyrrole nitrogens is 1. The van der Waals surface area contributed by atoms with E-state index in [9.17, 15) is 14.4 Å². The maximum Gasteiger partial charge on any atom is 0.335 e. The topological polar surface area (TPSA) is 149 Å². The fourth-order valence-electron chi connectivity index (χ4n) is 4.02. The van der Waals surface area contributed by atoms with Crippen LogP contribution in [0.15, 0.2) is 95.9 Å². The number of carbonyl (C=O) groups is 2. The van der Waals surface area contributed by atoms with Crippen LogP contribution in [0, 0.1) is 5.41 Å². The first-order valence-corrected chi connectivity index (χ1v) is 11.2. The molecule has 8 nitrogen and oxygen atoms in total. The van der Waals surface area contributed by atoms with E-state index in [2.05, 4.69) is 10.3 Å². The molecule has 0 saturated heterocycles. The Hall–Kier alpha value is -4.98. The van der Waals surface area contributed by atoms with Gasteiger partial charge in [-0.25, -0.2) is 4.79 Å². The van der Waals surface area contributed by atoms with Gasteiger partial charge in [-0.1, -0.05) is 54.6 Å². The maximum absolute atomic E-state index is 13.6. The second-order valence-electron chi connectivity index (χ2n) is 8.24. The fourth-order valence-corrected chi connectivity index (χ4v) is 4.02. The van der Waals surface area contributed by atoms with Crippen molar-refractivity contribution in [1.29, 1.82) is 5.41 Å². The molecule has 0 radical (unpaired) electrons. The predicted octanol–water partition coefficient (Wildman–Crippen LogP) is 3.99. The summed E-state index contributed by atoms with van der Waals surface area (Å²) in [6.07, 6.45) is 1.80. The summed E-state index contributed by atoms with van der Waals surface area (Å²) in [6, 6.07) is 23.9. The third kappa shape index (κ3) is 5.39. The van der Waals surface area contributed by atoms with Crippen LogP contribution in [0.4, 0.5) is 5.69 Å². The highest BCUT2D eigenvalue weighted by atomic mass is 16.4. The van der Waals surface area contributed by atoms with Crippen molar-refractivity contribution in [1.82, 2.24) is 4.98 Å². The number of carboxylic acid groups (broad SMARTS) is 1. The smallest absolute Gasteiger partial charge is 0.335 e. The number of aromatic amines is 1. The SMILES string of the molecule is N=C(N)c1ccc(-c2cc[nH]c(=O)c2C(Cc2ccccc2)C(=O)Nc2ccc(C(=O)O)cc2)cc1. The van der Waals surface area contributed by atoms with Crippen molar-refractivity contribution < 1.29 is 14.7 Å². The normalized spacial score (nSPS) is 11.4. The first-order chi connectivity index (χ1) is 17.3. The van der Waals surface area contributed by atoms with Crippen molar-refractivity contribution in [3.05, 3.63) is 124 Å². The summed E-state index contributed by atoms with van der Waals surface area (Å²) in [5, 5.41) is 19.6. The largest absolute Gasteiger partial charge is 0.478 e. The molecule has 0 fully saturated rings. The number of pyridine rings is 1. The first kappa shape index (κ1) is 24.2. The maximum atomic E-state index is 13.6. The third-order valence-corrected chi connectivity index (χ3v) is 5.85. The number of hydrogen-bond acceptors (Lipinski definition) is 4. The molecule has 1 atom stereocenters. The standard InChI is InChI=1S/C28H24N4O4/c29-25(30)19-8-6-18(7-9-19)22-14-15-31-27(34)24(22)23(16-17-4-2-1-3-5-17)26(33)32-21-12-10-20(11-13-21)28(35)36/h1-15,23H,16H2,(H3,29,30)(H,31,34)(H,32,33)(H,35,36). The fraction of sp³-hybridized carbons (Fsp3) is 0.0714. The van der Waals surface area contributed by atoms with Crippen molar-refractivity contribution >= 4 is 23.4 Å². The number of nitrogens with two attached hydrogens (primary N) is 1. The number of benzene rings is 3. The first-order valence-electron chi connectivity index (χ1n) is 11.2. The van der Waals surface area contributed by atoms with Gasteiger partial charge in [-0.2, -0.15) is 0 Å². The molecule has 4 rings (SSSR count). The minimum atomic E-state index is -1.06. The average Bonchev–Trinajstić information content (AvgIpc) is 2.88. The number of aromatic nitrogens is 1. The van der Waals surface area contributed by atoms with Crippen LogP contribution in [0.5, 0.6) is 0 Å². The van der Waals surface area contributed by atoms with E-state index in [0.29, 0.717) is 27.9 Å². The molecule has 36 heavy (non-hydrogen) atoms. The highest BCUT2D eigenvalue weighted by Gasteiger charge is 2.27. The number of amides is 1. The molecular formula is C28H24N4O4. The van der Waals surface area contributed by atoms with Gasteiger partial charge in [-0.05, 0) is 53.4 Å². The van der Waals surface area contributed by atoms with Crippen LogP contribution in [0.25, 0.3) is 11.1 Å². The molecule has 0 saturated carbocycles. The molecule has 1 aromatic heterocycles. The minimum Gasteiger partial charge on any atom is -0.478 e. The number of anilines is 1. The Balaban J connectivity index is 1.76. The Morgan fingerprint density at radius 1 is 0.917 bits per heavy atom. The average molecular weight is 481 g/mol. The molecule has 0 aliphatic rings. The zero-order chi connectivity index (χ0) is 25.7. The number of amidine groups is 1.